The summed E-state index contributed by atoms with van der Waals surface area (Å²) in [4.78, 5) is 13.7. The van der Waals surface area contributed by atoms with Crippen LogP contribution in [0.15, 0.2) is 0 Å². The number of ether oxygens (including phenoxy) is 1. The van der Waals surface area contributed by atoms with Gasteiger partial charge in [0.05, 0.1) is 18.0 Å². The van der Waals surface area contributed by atoms with Crippen molar-refractivity contribution in [1.82, 2.24) is 14.9 Å². The van der Waals surface area contributed by atoms with E-state index in [1.165, 1.54) is 10.4 Å². The molecule has 0 saturated carbocycles. The van der Waals surface area contributed by atoms with Crippen molar-refractivity contribution in [3.05, 3.63) is 16.3 Å². The topological polar surface area (TPSA) is 64.3 Å². The van der Waals surface area contributed by atoms with Crippen molar-refractivity contribution in [2.45, 2.75) is 32.9 Å². The van der Waals surface area contributed by atoms with E-state index in [4.69, 9.17) is 10.5 Å². The van der Waals surface area contributed by atoms with E-state index < -0.39 is 0 Å². The van der Waals surface area contributed by atoms with Crippen molar-refractivity contribution in [3.8, 4) is 0 Å². The van der Waals surface area contributed by atoms with E-state index in [1.807, 2.05) is 0 Å². The first-order valence-corrected chi connectivity index (χ1v) is 7.67. The lowest BCUT2D eigenvalue weighted by molar-refractivity contribution is 0.107. The highest BCUT2D eigenvalue weighted by Gasteiger charge is 2.23. The molecule has 2 N–H and O–H groups in total. The SMILES string of the molecule is COC1CCN(Cc2nc(N)c3c(C)c(C)sc3n2)C1. The van der Waals surface area contributed by atoms with Crippen molar-refractivity contribution in [2.24, 2.45) is 0 Å². The number of nitrogens with two attached hydrogens (primary N) is 1. The molecule has 0 aliphatic carbocycles. The Morgan fingerprint density at radius 3 is 2.90 bits per heavy atom. The van der Waals surface area contributed by atoms with E-state index in [-0.39, 0.29) is 0 Å². The fourth-order valence-electron chi connectivity index (χ4n) is 2.73. The minimum Gasteiger partial charge on any atom is -0.383 e. The number of likely N-dealkylation sites (tertiary alicyclic amines) is 1. The lowest BCUT2D eigenvalue weighted by atomic mass is 10.2. The predicted molar refractivity (Wildman–Crippen MR) is 82.0 cm³/mol. The van der Waals surface area contributed by atoms with Crippen LogP contribution in [0.3, 0.4) is 0 Å². The number of hydrogen-bond donors (Lipinski definition) is 1. The van der Waals surface area contributed by atoms with Crippen LogP contribution in [0.25, 0.3) is 10.2 Å². The molecule has 1 aliphatic heterocycles. The number of aryl methyl sites for hydroxylation is 2. The zero-order chi connectivity index (χ0) is 14.3. The molecule has 6 heteroatoms. The van der Waals surface area contributed by atoms with E-state index in [9.17, 15) is 0 Å². The highest BCUT2D eigenvalue weighted by atomic mass is 32.1. The van der Waals surface area contributed by atoms with Crippen LogP contribution in [-0.4, -0.2) is 41.2 Å². The highest BCUT2D eigenvalue weighted by molar-refractivity contribution is 7.18. The van der Waals surface area contributed by atoms with Gasteiger partial charge in [-0.05, 0) is 25.8 Å². The third-order valence-electron chi connectivity index (χ3n) is 4.03. The van der Waals surface area contributed by atoms with Gasteiger partial charge in [0, 0.05) is 25.1 Å². The quantitative estimate of drug-likeness (QED) is 0.938. The molecule has 1 fully saturated rings. The Morgan fingerprint density at radius 1 is 1.40 bits per heavy atom. The number of fused-ring (bicyclic) bond motifs is 1. The molecule has 2 aromatic rings. The van der Waals surface area contributed by atoms with Crippen LogP contribution in [0.4, 0.5) is 5.82 Å². The second-order valence-corrected chi connectivity index (χ2v) is 6.57. The van der Waals surface area contributed by atoms with E-state index in [2.05, 4.69) is 28.7 Å². The van der Waals surface area contributed by atoms with Gasteiger partial charge in [-0.25, -0.2) is 9.97 Å². The van der Waals surface area contributed by atoms with Gasteiger partial charge in [-0.15, -0.1) is 11.3 Å². The number of hydrogen-bond acceptors (Lipinski definition) is 6. The molecule has 0 aromatic carbocycles. The van der Waals surface area contributed by atoms with Gasteiger partial charge in [0.1, 0.15) is 16.5 Å². The van der Waals surface area contributed by atoms with Gasteiger partial charge in [-0.1, -0.05) is 0 Å². The Labute approximate surface area is 122 Å². The van der Waals surface area contributed by atoms with Crippen LogP contribution in [-0.2, 0) is 11.3 Å². The minimum absolute atomic E-state index is 0.335. The Kier molecular flexibility index (Phi) is 3.62. The molecule has 20 heavy (non-hydrogen) atoms. The summed E-state index contributed by atoms with van der Waals surface area (Å²) in [5.74, 6) is 1.42. The zero-order valence-electron chi connectivity index (χ0n) is 12.1. The first-order valence-electron chi connectivity index (χ1n) is 6.85. The first-order chi connectivity index (χ1) is 9.58. The molecule has 5 nitrogen and oxygen atoms in total. The Morgan fingerprint density at radius 2 is 2.20 bits per heavy atom. The van der Waals surface area contributed by atoms with Crippen molar-refractivity contribution in [3.63, 3.8) is 0 Å². The lowest BCUT2D eigenvalue weighted by Gasteiger charge is -2.14. The number of nitrogen functional groups attached to an aromatic ring is 1. The van der Waals surface area contributed by atoms with Crippen molar-refractivity contribution in [1.29, 1.82) is 0 Å². The Bertz CT molecular complexity index is 640. The van der Waals surface area contributed by atoms with E-state index >= 15 is 0 Å². The standard InChI is InChI=1S/C14H20N4OS/c1-8-9(2)20-14-12(8)13(15)16-11(17-14)7-18-5-4-10(6-18)19-3/h10H,4-7H2,1-3H3,(H2,15,16,17). The summed E-state index contributed by atoms with van der Waals surface area (Å²) in [6.07, 6.45) is 1.41. The second kappa shape index (κ2) is 5.27. The average Bonchev–Trinajstić information content (AvgIpc) is 2.95. The van der Waals surface area contributed by atoms with E-state index in [0.717, 1.165) is 42.1 Å². The number of rotatable bonds is 3. The molecule has 3 rings (SSSR count). The normalized spacial score (nSPS) is 20.1. The molecule has 0 amide bonds. The zero-order valence-corrected chi connectivity index (χ0v) is 13.0. The number of thiophene rings is 1. The summed E-state index contributed by atoms with van der Waals surface area (Å²) in [7, 11) is 1.77. The molecular formula is C14H20N4OS. The van der Waals surface area contributed by atoms with E-state index in [1.54, 1.807) is 18.4 Å². The third kappa shape index (κ3) is 2.39. The van der Waals surface area contributed by atoms with Crippen LogP contribution < -0.4 is 5.73 Å². The maximum Gasteiger partial charge on any atom is 0.146 e. The summed E-state index contributed by atoms with van der Waals surface area (Å²) >= 11 is 1.70. The molecule has 1 aliphatic rings. The monoisotopic (exact) mass is 292 g/mol. The van der Waals surface area contributed by atoms with Gasteiger partial charge < -0.3 is 10.5 Å². The molecule has 0 spiro atoms. The molecule has 0 bridgehead atoms. The summed E-state index contributed by atoms with van der Waals surface area (Å²) in [6.45, 7) is 6.90. The van der Waals surface area contributed by atoms with Gasteiger partial charge in [-0.3, -0.25) is 4.90 Å². The summed E-state index contributed by atoms with van der Waals surface area (Å²) in [5.41, 5.74) is 7.31. The van der Waals surface area contributed by atoms with Crippen LogP contribution >= 0.6 is 11.3 Å². The second-order valence-electron chi connectivity index (χ2n) is 5.37. The smallest absolute Gasteiger partial charge is 0.146 e. The van der Waals surface area contributed by atoms with E-state index in [0.29, 0.717) is 11.9 Å². The largest absolute Gasteiger partial charge is 0.383 e. The van der Waals surface area contributed by atoms with Crippen molar-refractivity contribution in [2.75, 3.05) is 25.9 Å². The van der Waals surface area contributed by atoms with Gasteiger partial charge in [0.2, 0.25) is 0 Å². The summed E-state index contributed by atoms with van der Waals surface area (Å²) in [6, 6.07) is 0. The number of anilines is 1. The Hall–Kier alpha value is -1.24. The fraction of sp³-hybridized carbons (Fsp3) is 0.571. The number of nitrogens with zero attached hydrogens (tertiary/aromatic N) is 3. The lowest BCUT2D eigenvalue weighted by Crippen LogP contribution is -2.23. The summed E-state index contributed by atoms with van der Waals surface area (Å²) < 4.78 is 5.39. The molecule has 1 unspecified atom stereocenters. The summed E-state index contributed by atoms with van der Waals surface area (Å²) in [5, 5.41) is 1.02. The van der Waals surface area contributed by atoms with Crippen LogP contribution in [0.1, 0.15) is 22.7 Å². The van der Waals surface area contributed by atoms with Crippen LogP contribution in [0, 0.1) is 13.8 Å². The van der Waals surface area contributed by atoms with Gasteiger partial charge in [0.25, 0.3) is 0 Å². The van der Waals surface area contributed by atoms with Crippen molar-refractivity contribution < 1.29 is 4.74 Å². The molecular weight excluding hydrogens is 272 g/mol. The predicted octanol–water partition coefficient (Wildman–Crippen LogP) is 2.11. The molecule has 2 aromatic heterocycles. The molecule has 108 valence electrons. The maximum absolute atomic E-state index is 6.11. The third-order valence-corrected chi connectivity index (χ3v) is 5.13. The van der Waals surface area contributed by atoms with Gasteiger partial charge in [0.15, 0.2) is 0 Å². The molecule has 3 heterocycles. The van der Waals surface area contributed by atoms with Crippen LogP contribution in [0.5, 0.6) is 0 Å². The maximum atomic E-state index is 6.11. The van der Waals surface area contributed by atoms with Gasteiger partial charge >= 0.3 is 0 Å². The number of aromatic nitrogens is 2. The highest BCUT2D eigenvalue weighted by Crippen LogP contribution is 2.32. The average molecular weight is 292 g/mol. The van der Waals surface area contributed by atoms with Crippen LogP contribution in [0.2, 0.25) is 0 Å². The fourth-order valence-corrected chi connectivity index (χ4v) is 3.79. The van der Waals surface area contributed by atoms with Crippen molar-refractivity contribution >= 4 is 27.4 Å². The molecule has 1 saturated heterocycles. The molecule has 0 radical (unpaired) electrons. The van der Waals surface area contributed by atoms with Gasteiger partial charge in [-0.2, -0.15) is 0 Å². The number of methoxy groups -OCH3 is 1. The Balaban J connectivity index is 1.86. The minimum atomic E-state index is 0.335. The first kappa shape index (κ1) is 13.7. The molecule has 1 atom stereocenters.